The maximum absolute atomic E-state index is 13.7. The molecule has 0 aliphatic rings. The van der Waals surface area contributed by atoms with Crippen LogP contribution in [0.3, 0.4) is 0 Å². The molecule has 0 heterocycles. The molecule has 0 N–H and O–H groups in total. The molecular formula is C15H21FN2O. The Morgan fingerprint density at radius 3 is 2.63 bits per heavy atom. The van der Waals surface area contributed by atoms with E-state index in [-0.39, 0.29) is 11.6 Å². The molecule has 3 nitrogen and oxygen atoms in total. The zero-order valence-corrected chi connectivity index (χ0v) is 12.0. The number of hydrogen-bond acceptors (Lipinski definition) is 3. The van der Waals surface area contributed by atoms with E-state index in [4.69, 9.17) is 10.00 Å². The van der Waals surface area contributed by atoms with Gasteiger partial charge in [0, 0.05) is 6.54 Å². The highest BCUT2D eigenvalue weighted by molar-refractivity contribution is 5.29. The van der Waals surface area contributed by atoms with Gasteiger partial charge >= 0.3 is 0 Å². The van der Waals surface area contributed by atoms with Gasteiger partial charge in [0.2, 0.25) is 0 Å². The first kappa shape index (κ1) is 15.5. The van der Waals surface area contributed by atoms with Crippen molar-refractivity contribution < 1.29 is 9.13 Å². The predicted octanol–water partition coefficient (Wildman–Crippen LogP) is 3.00. The van der Waals surface area contributed by atoms with Crippen LogP contribution in [0.25, 0.3) is 0 Å². The van der Waals surface area contributed by atoms with Crippen LogP contribution in [0, 0.1) is 17.1 Å². The fourth-order valence-corrected chi connectivity index (χ4v) is 1.63. The predicted molar refractivity (Wildman–Crippen MR) is 73.6 cm³/mol. The molecule has 0 aliphatic carbocycles. The van der Waals surface area contributed by atoms with E-state index in [9.17, 15) is 4.39 Å². The molecule has 0 aromatic heterocycles. The Balaban J connectivity index is 2.65. The minimum atomic E-state index is -0.510. The molecule has 0 saturated heterocycles. The summed E-state index contributed by atoms with van der Waals surface area (Å²) in [6, 6.07) is 7.26. The minimum absolute atomic E-state index is 0.289. The van der Waals surface area contributed by atoms with Crippen molar-refractivity contribution in [2.45, 2.75) is 32.7 Å². The lowest BCUT2D eigenvalue weighted by Gasteiger charge is -2.28. The average molecular weight is 264 g/mol. The Bertz CT molecular complexity index is 466. The van der Waals surface area contributed by atoms with Crippen LogP contribution in [0.5, 0.6) is 5.75 Å². The van der Waals surface area contributed by atoms with Crippen molar-refractivity contribution >= 4 is 0 Å². The molecule has 0 unspecified atom stereocenters. The van der Waals surface area contributed by atoms with Crippen molar-refractivity contribution in [3.63, 3.8) is 0 Å². The molecule has 0 spiro atoms. The SMILES string of the molecule is CCOc1ccc(CCN(C)C(C)(C)C#N)cc1F. The van der Waals surface area contributed by atoms with Gasteiger partial charge in [0.05, 0.1) is 12.7 Å². The molecule has 1 aromatic carbocycles. The van der Waals surface area contributed by atoms with E-state index in [1.54, 1.807) is 6.07 Å². The van der Waals surface area contributed by atoms with E-state index in [1.807, 2.05) is 38.8 Å². The molecule has 0 amide bonds. The molecular weight excluding hydrogens is 243 g/mol. The zero-order valence-electron chi connectivity index (χ0n) is 12.0. The number of nitriles is 1. The highest BCUT2D eigenvalue weighted by Gasteiger charge is 2.22. The fraction of sp³-hybridized carbons (Fsp3) is 0.533. The van der Waals surface area contributed by atoms with Crippen LogP contribution in [0.1, 0.15) is 26.3 Å². The third-order valence-corrected chi connectivity index (χ3v) is 3.26. The van der Waals surface area contributed by atoms with Crippen LogP contribution < -0.4 is 4.74 Å². The Morgan fingerprint density at radius 2 is 2.11 bits per heavy atom. The third kappa shape index (κ3) is 4.22. The maximum Gasteiger partial charge on any atom is 0.165 e. The van der Waals surface area contributed by atoms with Gasteiger partial charge in [0.1, 0.15) is 5.54 Å². The first-order chi connectivity index (χ1) is 8.90. The van der Waals surface area contributed by atoms with Crippen LogP contribution in [-0.4, -0.2) is 30.6 Å². The quantitative estimate of drug-likeness (QED) is 0.792. The molecule has 0 atom stereocenters. The number of ether oxygens (including phenoxy) is 1. The summed E-state index contributed by atoms with van der Waals surface area (Å²) < 4.78 is 18.8. The summed E-state index contributed by atoms with van der Waals surface area (Å²) in [5.41, 5.74) is 0.394. The number of hydrogen-bond donors (Lipinski definition) is 0. The fourth-order valence-electron chi connectivity index (χ4n) is 1.63. The summed E-state index contributed by atoms with van der Waals surface area (Å²) in [5.74, 6) is -0.0431. The third-order valence-electron chi connectivity index (χ3n) is 3.26. The summed E-state index contributed by atoms with van der Waals surface area (Å²) in [4.78, 5) is 1.96. The highest BCUT2D eigenvalue weighted by Crippen LogP contribution is 2.19. The standard InChI is InChI=1S/C15H21FN2O/c1-5-19-14-7-6-12(10-13(14)16)8-9-18(4)15(2,3)11-17/h6-7,10H,5,8-9H2,1-4H3. The molecule has 0 radical (unpaired) electrons. The average Bonchev–Trinajstić information content (AvgIpc) is 2.39. The van der Waals surface area contributed by atoms with Gasteiger partial charge in [0.25, 0.3) is 0 Å². The topological polar surface area (TPSA) is 36.3 Å². The number of halogens is 1. The van der Waals surface area contributed by atoms with Crippen LogP contribution >= 0.6 is 0 Å². The molecule has 104 valence electrons. The maximum atomic E-state index is 13.7. The molecule has 0 bridgehead atoms. The van der Waals surface area contributed by atoms with Crippen molar-refractivity contribution in [1.82, 2.24) is 4.90 Å². The molecule has 0 saturated carbocycles. The van der Waals surface area contributed by atoms with Gasteiger partial charge in [0.15, 0.2) is 11.6 Å². The Hall–Kier alpha value is -1.60. The lowest BCUT2D eigenvalue weighted by atomic mass is 10.0. The van der Waals surface area contributed by atoms with E-state index in [0.29, 0.717) is 19.6 Å². The molecule has 19 heavy (non-hydrogen) atoms. The van der Waals surface area contributed by atoms with Crippen molar-refractivity contribution in [2.24, 2.45) is 0 Å². The molecule has 1 aromatic rings. The van der Waals surface area contributed by atoms with Crippen molar-refractivity contribution in [3.05, 3.63) is 29.6 Å². The van der Waals surface area contributed by atoms with Gasteiger partial charge in [-0.1, -0.05) is 6.07 Å². The van der Waals surface area contributed by atoms with Crippen molar-refractivity contribution in [1.29, 1.82) is 5.26 Å². The zero-order chi connectivity index (χ0) is 14.5. The normalized spacial score (nSPS) is 11.4. The van der Waals surface area contributed by atoms with Crippen LogP contribution in [0.2, 0.25) is 0 Å². The summed E-state index contributed by atoms with van der Waals surface area (Å²) in [6.45, 7) is 6.72. The molecule has 1 rings (SSSR count). The first-order valence-electron chi connectivity index (χ1n) is 6.44. The van der Waals surface area contributed by atoms with Crippen LogP contribution in [0.4, 0.5) is 4.39 Å². The van der Waals surface area contributed by atoms with Gasteiger partial charge in [-0.15, -0.1) is 0 Å². The van der Waals surface area contributed by atoms with E-state index >= 15 is 0 Å². The number of likely N-dealkylation sites (N-methyl/N-ethyl adjacent to an activating group) is 1. The minimum Gasteiger partial charge on any atom is -0.491 e. The smallest absolute Gasteiger partial charge is 0.165 e. The number of rotatable bonds is 6. The van der Waals surface area contributed by atoms with E-state index in [0.717, 1.165) is 5.56 Å². The van der Waals surface area contributed by atoms with E-state index < -0.39 is 5.54 Å². The van der Waals surface area contributed by atoms with Gasteiger partial charge in [-0.2, -0.15) is 5.26 Å². The molecule has 0 fully saturated rings. The number of nitrogens with zero attached hydrogens (tertiary/aromatic N) is 2. The van der Waals surface area contributed by atoms with Gasteiger partial charge in [-0.3, -0.25) is 4.90 Å². The highest BCUT2D eigenvalue weighted by atomic mass is 19.1. The summed E-state index contributed by atoms with van der Waals surface area (Å²) in [6.07, 6.45) is 0.699. The number of benzene rings is 1. The summed E-state index contributed by atoms with van der Waals surface area (Å²) in [5, 5.41) is 9.03. The lowest BCUT2D eigenvalue weighted by Crippen LogP contribution is -2.40. The summed E-state index contributed by atoms with van der Waals surface area (Å²) in [7, 11) is 1.90. The second-order valence-corrected chi connectivity index (χ2v) is 5.04. The Kier molecular flexibility index (Phi) is 5.31. The second-order valence-electron chi connectivity index (χ2n) is 5.04. The van der Waals surface area contributed by atoms with Gasteiger partial charge < -0.3 is 4.74 Å². The largest absolute Gasteiger partial charge is 0.491 e. The second kappa shape index (κ2) is 6.53. The van der Waals surface area contributed by atoms with Crippen molar-refractivity contribution in [3.8, 4) is 11.8 Å². The Morgan fingerprint density at radius 1 is 1.42 bits per heavy atom. The van der Waals surface area contributed by atoms with Crippen LogP contribution in [-0.2, 0) is 6.42 Å². The van der Waals surface area contributed by atoms with E-state index in [1.165, 1.54) is 6.07 Å². The van der Waals surface area contributed by atoms with Gasteiger partial charge in [-0.25, -0.2) is 4.39 Å². The molecule has 0 aliphatic heterocycles. The van der Waals surface area contributed by atoms with Crippen molar-refractivity contribution in [2.75, 3.05) is 20.2 Å². The first-order valence-corrected chi connectivity index (χ1v) is 6.44. The van der Waals surface area contributed by atoms with E-state index in [2.05, 4.69) is 6.07 Å². The van der Waals surface area contributed by atoms with Crippen LogP contribution in [0.15, 0.2) is 18.2 Å². The monoisotopic (exact) mass is 264 g/mol. The van der Waals surface area contributed by atoms with Gasteiger partial charge in [-0.05, 0) is 51.9 Å². The summed E-state index contributed by atoms with van der Waals surface area (Å²) >= 11 is 0. The lowest BCUT2D eigenvalue weighted by molar-refractivity contribution is 0.214. The molecule has 4 heteroatoms. The Labute approximate surface area is 114 Å².